The molecule has 0 spiro atoms. The molecule has 0 aliphatic rings. The van der Waals surface area contributed by atoms with Crippen LogP contribution < -0.4 is 5.73 Å². The van der Waals surface area contributed by atoms with Crippen LogP contribution in [-0.4, -0.2) is 10.7 Å². The molecule has 0 saturated heterocycles. The summed E-state index contributed by atoms with van der Waals surface area (Å²) in [7, 11) is 0. The Morgan fingerprint density at radius 1 is 1.50 bits per heavy atom. The predicted octanol–water partition coefficient (Wildman–Crippen LogP) is 0.866. The van der Waals surface area contributed by atoms with Gasteiger partial charge in [0.05, 0.1) is 5.60 Å². The van der Waals surface area contributed by atoms with Crippen LogP contribution in [0.2, 0.25) is 0 Å². The molecule has 0 saturated carbocycles. The van der Waals surface area contributed by atoms with Crippen molar-refractivity contribution in [3.8, 4) is 0 Å². The lowest BCUT2D eigenvalue weighted by Crippen LogP contribution is -2.10. The lowest BCUT2D eigenvalue weighted by molar-refractivity contribution is 0.102. The van der Waals surface area contributed by atoms with Gasteiger partial charge in [-0.15, -0.1) is 0 Å². The number of hydrogen-bond acceptors (Lipinski definition) is 2. The highest BCUT2D eigenvalue weighted by molar-refractivity contribution is 4.50. The molecule has 0 heterocycles. The van der Waals surface area contributed by atoms with E-state index < -0.39 is 5.60 Å². The number of nitrogens with two attached hydrogens (primary N) is 1. The first-order chi connectivity index (χ1) is 3.41. The van der Waals surface area contributed by atoms with E-state index in [1.54, 1.807) is 20.8 Å². The maximum atomic E-state index is 8.52. The second-order valence-electron chi connectivity index (χ2n) is 2.41. The van der Waals surface area contributed by atoms with Crippen LogP contribution in [0.15, 0.2) is 12.8 Å². The van der Waals surface area contributed by atoms with Gasteiger partial charge in [-0.1, -0.05) is 6.58 Å². The van der Waals surface area contributed by atoms with Gasteiger partial charge in [-0.3, -0.25) is 0 Å². The molecule has 2 nitrogen and oxygen atoms in total. The zero-order valence-corrected chi connectivity index (χ0v) is 5.81. The van der Waals surface area contributed by atoms with Gasteiger partial charge >= 0.3 is 0 Å². The highest BCUT2D eigenvalue weighted by Crippen LogP contribution is 1.93. The molecule has 3 N–H and O–H groups in total. The summed E-state index contributed by atoms with van der Waals surface area (Å²) in [5.74, 6) is 0. The van der Waals surface area contributed by atoms with Crippen molar-refractivity contribution in [3.05, 3.63) is 12.8 Å². The van der Waals surface area contributed by atoms with Gasteiger partial charge in [0, 0.05) is 0 Å². The summed E-state index contributed by atoms with van der Waals surface area (Å²) in [6.45, 7) is 8.37. The summed E-state index contributed by atoms with van der Waals surface area (Å²) in [5.41, 5.74) is 4.11. The molecule has 0 unspecified atom stereocenters. The maximum absolute atomic E-state index is 8.52. The molecule has 2 heteroatoms. The minimum Gasteiger partial charge on any atom is -0.405 e. The third kappa shape index (κ3) is 446. The molecule has 0 rings (SSSR count). The highest BCUT2D eigenvalue weighted by Gasteiger charge is 1.97. The number of aliphatic hydroxyl groups is 1. The van der Waals surface area contributed by atoms with Crippen LogP contribution in [0.5, 0.6) is 0 Å². The molecule has 0 bridgehead atoms. The Balaban J connectivity index is 0. The van der Waals surface area contributed by atoms with E-state index in [1.807, 2.05) is 0 Å². The Bertz CT molecular complexity index is 48.0. The summed E-state index contributed by atoms with van der Waals surface area (Å²) >= 11 is 0. The Hall–Kier alpha value is -0.500. The van der Waals surface area contributed by atoms with Crippen molar-refractivity contribution in [3.63, 3.8) is 0 Å². The molecule has 0 amide bonds. The largest absolute Gasteiger partial charge is 0.405 e. The third-order valence-electron chi connectivity index (χ3n) is 0. The topological polar surface area (TPSA) is 46.2 Å². The van der Waals surface area contributed by atoms with E-state index >= 15 is 0 Å². The van der Waals surface area contributed by atoms with Crippen LogP contribution in [0.1, 0.15) is 20.8 Å². The fourth-order valence-electron chi connectivity index (χ4n) is 0. The average Bonchev–Trinajstić information content (AvgIpc) is 1.27. The van der Waals surface area contributed by atoms with Crippen molar-refractivity contribution >= 4 is 0 Å². The van der Waals surface area contributed by atoms with E-state index in [1.165, 1.54) is 6.20 Å². The number of rotatable bonds is 0. The van der Waals surface area contributed by atoms with Crippen molar-refractivity contribution in [2.45, 2.75) is 26.4 Å². The minimum absolute atomic E-state index is 0.500. The molecule has 8 heavy (non-hydrogen) atoms. The zero-order chi connectivity index (χ0) is 7.21. The van der Waals surface area contributed by atoms with Crippen LogP contribution in [-0.2, 0) is 0 Å². The lowest BCUT2D eigenvalue weighted by Gasteiger charge is -2.04. The summed E-state index contributed by atoms with van der Waals surface area (Å²) in [6.07, 6.45) is 1.25. The molecule has 0 aliphatic carbocycles. The molecular formula is C6H15NO. The molecule has 0 aromatic carbocycles. The lowest BCUT2D eigenvalue weighted by atomic mass is 10.2. The highest BCUT2D eigenvalue weighted by atomic mass is 16.3. The van der Waals surface area contributed by atoms with E-state index in [0.29, 0.717) is 0 Å². The Labute approximate surface area is 51.0 Å². The smallest absolute Gasteiger partial charge is 0.0563 e. The van der Waals surface area contributed by atoms with Crippen LogP contribution in [0.3, 0.4) is 0 Å². The first-order valence-electron chi connectivity index (χ1n) is 2.47. The Kier molecular flexibility index (Phi) is 6.09. The SMILES string of the molecule is C=CN.CC(C)(C)O. The van der Waals surface area contributed by atoms with Gasteiger partial charge in [0.25, 0.3) is 0 Å². The van der Waals surface area contributed by atoms with Crippen LogP contribution in [0, 0.1) is 0 Å². The molecule has 0 radical (unpaired) electrons. The molecule has 0 atom stereocenters. The maximum Gasteiger partial charge on any atom is 0.0563 e. The van der Waals surface area contributed by atoms with E-state index in [9.17, 15) is 0 Å². The Morgan fingerprint density at radius 2 is 1.50 bits per heavy atom. The monoisotopic (exact) mass is 117 g/mol. The number of hydrogen-bond donors (Lipinski definition) is 2. The molecule has 50 valence electrons. The van der Waals surface area contributed by atoms with Gasteiger partial charge in [0.2, 0.25) is 0 Å². The first-order valence-corrected chi connectivity index (χ1v) is 2.47. The summed E-state index contributed by atoms with van der Waals surface area (Å²) in [5, 5.41) is 8.52. The molecule has 0 aliphatic heterocycles. The van der Waals surface area contributed by atoms with Crippen molar-refractivity contribution in [2.24, 2.45) is 5.73 Å². The third-order valence-corrected chi connectivity index (χ3v) is 0. The molecule has 0 aromatic heterocycles. The van der Waals surface area contributed by atoms with Crippen molar-refractivity contribution in [1.82, 2.24) is 0 Å². The second-order valence-corrected chi connectivity index (χ2v) is 2.41. The van der Waals surface area contributed by atoms with Crippen LogP contribution in [0.4, 0.5) is 0 Å². The zero-order valence-electron chi connectivity index (χ0n) is 5.81. The van der Waals surface area contributed by atoms with E-state index in [-0.39, 0.29) is 0 Å². The van der Waals surface area contributed by atoms with E-state index in [2.05, 4.69) is 12.3 Å². The van der Waals surface area contributed by atoms with Crippen LogP contribution in [0.25, 0.3) is 0 Å². The van der Waals surface area contributed by atoms with Crippen molar-refractivity contribution in [1.29, 1.82) is 0 Å². The molecule has 0 aromatic rings. The second kappa shape index (κ2) is 4.65. The van der Waals surface area contributed by atoms with E-state index in [0.717, 1.165) is 0 Å². The van der Waals surface area contributed by atoms with Crippen molar-refractivity contribution < 1.29 is 5.11 Å². The fraction of sp³-hybridized carbons (Fsp3) is 0.667. The normalized spacial score (nSPS) is 9.00. The minimum atomic E-state index is -0.500. The fourth-order valence-corrected chi connectivity index (χ4v) is 0. The van der Waals surface area contributed by atoms with E-state index in [4.69, 9.17) is 5.11 Å². The summed E-state index contributed by atoms with van der Waals surface area (Å²) < 4.78 is 0. The van der Waals surface area contributed by atoms with Gasteiger partial charge in [-0.25, -0.2) is 0 Å². The molecular weight excluding hydrogens is 102 g/mol. The average molecular weight is 117 g/mol. The van der Waals surface area contributed by atoms with Crippen molar-refractivity contribution in [2.75, 3.05) is 0 Å². The van der Waals surface area contributed by atoms with Gasteiger partial charge in [0.15, 0.2) is 0 Å². The van der Waals surface area contributed by atoms with Gasteiger partial charge in [-0.2, -0.15) is 0 Å². The quantitative estimate of drug-likeness (QED) is 0.494. The standard InChI is InChI=1S/C4H10O.C2H5N/c1-4(2,3)5;1-2-3/h5H,1-3H3;2H,1,3H2. The predicted molar refractivity (Wildman–Crippen MR) is 36.4 cm³/mol. The van der Waals surface area contributed by atoms with Gasteiger partial charge in [0.1, 0.15) is 0 Å². The van der Waals surface area contributed by atoms with Crippen LogP contribution >= 0.6 is 0 Å². The van der Waals surface area contributed by atoms with Gasteiger partial charge < -0.3 is 10.8 Å². The summed E-state index contributed by atoms with van der Waals surface area (Å²) in [6, 6.07) is 0. The first kappa shape index (κ1) is 10.5. The Morgan fingerprint density at radius 3 is 1.50 bits per heavy atom. The van der Waals surface area contributed by atoms with Gasteiger partial charge in [-0.05, 0) is 27.0 Å². The summed E-state index contributed by atoms with van der Waals surface area (Å²) in [4.78, 5) is 0. The molecule has 0 fully saturated rings.